The maximum atomic E-state index is 13.9. The van der Waals surface area contributed by atoms with Crippen LogP contribution in [0.3, 0.4) is 0 Å². The topological polar surface area (TPSA) is 60.4 Å². The number of aromatic nitrogens is 3. The zero-order valence-electron chi connectivity index (χ0n) is 17.2. The molecule has 1 aliphatic heterocycles. The summed E-state index contributed by atoms with van der Waals surface area (Å²) in [6, 6.07) is 14.2. The average Bonchev–Trinajstić information content (AvgIpc) is 2.78. The number of nitrogens with zero attached hydrogens (tertiary/aromatic N) is 4. The van der Waals surface area contributed by atoms with Crippen molar-refractivity contribution in [2.75, 3.05) is 32.2 Å². The molecule has 0 aliphatic carbocycles. The lowest BCUT2D eigenvalue weighted by molar-refractivity contribution is 0.0785. The van der Waals surface area contributed by atoms with Crippen LogP contribution in [0.5, 0.6) is 5.75 Å². The van der Waals surface area contributed by atoms with E-state index in [9.17, 15) is 4.39 Å². The van der Waals surface area contributed by atoms with Gasteiger partial charge in [-0.2, -0.15) is 0 Å². The van der Waals surface area contributed by atoms with Crippen LogP contribution in [0, 0.1) is 5.82 Å². The van der Waals surface area contributed by atoms with E-state index in [4.69, 9.17) is 19.4 Å². The summed E-state index contributed by atoms with van der Waals surface area (Å²) in [5, 5.41) is 0.848. The smallest absolute Gasteiger partial charge is 0.163 e. The monoisotopic (exact) mass is 416 g/mol. The van der Waals surface area contributed by atoms with Crippen molar-refractivity contribution in [1.82, 2.24) is 15.0 Å². The Labute approximate surface area is 179 Å². The van der Waals surface area contributed by atoms with Gasteiger partial charge in [0.05, 0.1) is 13.2 Å². The van der Waals surface area contributed by atoms with Crippen molar-refractivity contribution in [2.24, 2.45) is 0 Å². The van der Waals surface area contributed by atoms with Crippen molar-refractivity contribution in [3.05, 3.63) is 66.7 Å². The van der Waals surface area contributed by atoms with Gasteiger partial charge in [0.2, 0.25) is 0 Å². The molecular weight excluding hydrogens is 395 g/mol. The SMILES string of the molecule is COc1cc(-c2cccc(F)c2)cc2c(N3CC(OC)C3)nc(-c3cccnc3)nc12. The van der Waals surface area contributed by atoms with E-state index in [0.29, 0.717) is 17.1 Å². The number of anilines is 1. The summed E-state index contributed by atoms with van der Waals surface area (Å²) in [7, 11) is 3.33. The lowest BCUT2D eigenvalue weighted by atomic mass is 10.0. The predicted molar refractivity (Wildman–Crippen MR) is 118 cm³/mol. The van der Waals surface area contributed by atoms with Crippen molar-refractivity contribution in [2.45, 2.75) is 6.10 Å². The van der Waals surface area contributed by atoms with Crippen molar-refractivity contribution in [1.29, 1.82) is 0 Å². The number of pyridine rings is 1. The molecule has 6 nitrogen and oxygen atoms in total. The molecule has 0 unspecified atom stereocenters. The van der Waals surface area contributed by atoms with Gasteiger partial charge >= 0.3 is 0 Å². The first-order valence-corrected chi connectivity index (χ1v) is 10.00. The van der Waals surface area contributed by atoms with Crippen LogP contribution in [0.15, 0.2) is 60.9 Å². The highest BCUT2D eigenvalue weighted by molar-refractivity contribution is 5.98. The van der Waals surface area contributed by atoms with Gasteiger partial charge in [-0.3, -0.25) is 4.98 Å². The number of hydrogen-bond acceptors (Lipinski definition) is 6. The van der Waals surface area contributed by atoms with Crippen molar-refractivity contribution >= 4 is 16.7 Å². The van der Waals surface area contributed by atoms with Crippen LogP contribution in [0.2, 0.25) is 0 Å². The van der Waals surface area contributed by atoms with Gasteiger partial charge in [-0.1, -0.05) is 12.1 Å². The largest absolute Gasteiger partial charge is 0.494 e. The first-order chi connectivity index (χ1) is 15.2. The third kappa shape index (κ3) is 3.57. The van der Waals surface area contributed by atoms with E-state index in [-0.39, 0.29) is 11.9 Å². The minimum atomic E-state index is -0.286. The quantitative estimate of drug-likeness (QED) is 0.482. The van der Waals surface area contributed by atoms with Gasteiger partial charge in [0.15, 0.2) is 5.82 Å². The summed E-state index contributed by atoms with van der Waals surface area (Å²) in [6.45, 7) is 1.48. The molecule has 2 aromatic carbocycles. The fraction of sp³-hybridized carbons (Fsp3) is 0.208. The molecule has 1 aliphatic rings. The standard InChI is InChI=1S/C24H21FN4O2/c1-30-19-13-29(14-19)24-20-10-17(15-5-3-7-18(25)9-15)11-21(31-2)22(20)27-23(28-24)16-6-4-8-26-12-16/h3-12,19H,13-14H2,1-2H3. The Morgan fingerprint density at radius 1 is 0.968 bits per heavy atom. The van der Waals surface area contributed by atoms with Crippen LogP contribution < -0.4 is 9.64 Å². The highest BCUT2D eigenvalue weighted by Crippen LogP contribution is 2.38. The Hall–Kier alpha value is -3.58. The molecule has 5 rings (SSSR count). The molecule has 0 atom stereocenters. The molecule has 4 aromatic rings. The molecule has 7 heteroatoms. The van der Waals surface area contributed by atoms with E-state index in [0.717, 1.165) is 41.0 Å². The first-order valence-electron chi connectivity index (χ1n) is 10.00. The lowest BCUT2D eigenvalue weighted by Crippen LogP contribution is -2.52. The Bertz CT molecular complexity index is 1240. The molecule has 1 fully saturated rings. The minimum absolute atomic E-state index is 0.167. The molecule has 0 amide bonds. The fourth-order valence-electron chi connectivity index (χ4n) is 3.80. The third-order valence-electron chi connectivity index (χ3n) is 5.52. The molecule has 156 valence electrons. The summed E-state index contributed by atoms with van der Waals surface area (Å²) in [4.78, 5) is 16.0. The maximum Gasteiger partial charge on any atom is 0.163 e. The van der Waals surface area contributed by atoms with E-state index < -0.39 is 0 Å². The van der Waals surface area contributed by atoms with Crippen LogP contribution in [0.25, 0.3) is 33.4 Å². The molecule has 0 spiro atoms. The summed E-state index contributed by atoms with van der Waals surface area (Å²) in [6.07, 6.45) is 3.63. The zero-order chi connectivity index (χ0) is 21.4. The Morgan fingerprint density at radius 3 is 2.52 bits per heavy atom. The molecule has 0 saturated carbocycles. The van der Waals surface area contributed by atoms with E-state index in [1.54, 1.807) is 32.7 Å². The van der Waals surface area contributed by atoms with Gasteiger partial charge in [0.25, 0.3) is 0 Å². The molecule has 1 saturated heterocycles. The van der Waals surface area contributed by atoms with Gasteiger partial charge in [-0.15, -0.1) is 0 Å². The molecule has 2 aromatic heterocycles. The van der Waals surface area contributed by atoms with Crippen LogP contribution in [-0.4, -0.2) is 48.4 Å². The Balaban J connectivity index is 1.73. The zero-order valence-corrected chi connectivity index (χ0v) is 17.2. The molecule has 0 N–H and O–H groups in total. The van der Waals surface area contributed by atoms with Crippen molar-refractivity contribution in [3.63, 3.8) is 0 Å². The number of ether oxygens (including phenoxy) is 2. The maximum absolute atomic E-state index is 13.9. The minimum Gasteiger partial charge on any atom is -0.494 e. The van der Waals surface area contributed by atoms with Gasteiger partial charge < -0.3 is 14.4 Å². The van der Waals surface area contributed by atoms with Gasteiger partial charge in [-0.05, 0) is 47.5 Å². The van der Waals surface area contributed by atoms with E-state index >= 15 is 0 Å². The van der Waals surface area contributed by atoms with Crippen LogP contribution in [-0.2, 0) is 4.74 Å². The Morgan fingerprint density at radius 2 is 1.81 bits per heavy atom. The summed E-state index contributed by atoms with van der Waals surface area (Å²) in [5.74, 6) is 1.70. The summed E-state index contributed by atoms with van der Waals surface area (Å²) >= 11 is 0. The molecule has 0 bridgehead atoms. The number of benzene rings is 2. The summed E-state index contributed by atoms with van der Waals surface area (Å²) in [5.41, 5.74) is 3.13. The van der Waals surface area contributed by atoms with E-state index in [1.165, 1.54) is 12.1 Å². The average molecular weight is 416 g/mol. The lowest BCUT2D eigenvalue weighted by Gasteiger charge is -2.39. The first kappa shape index (κ1) is 19.4. The highest BCUT2D eigenvalue weighted by Gasteiger charge is 2.30. The molecular formula is C24H21FN4O2. The number of methoxy groups -OCH3 is 2. The van der Waals surface area contributed by atoms with E-state index in [2.05, 4.69) is 9.88 Å². The van der Waals surface area contributed by atoms with Gasteiger partial charge in [0.1, 0.15) is 22.9 Å². The van der Waals surface area contributed by atoms with Crippen LogP contribution in [0.4, 0.5) is 10.2 Å². The van der Waals surface area contributed by atoms with Crippen molar-refractivity contribution in [3.8, 4) is 28.3 Å². The second-order valence-corrected chi connectivity index (χ2v) is 7.46. The number of halogens is 1. The third-order valence-corrected chi connectivity index (χ3v) is 5.52. The van der Waals surface area contributed by atoms with Crippen LogP contribution >= 0.6 is 0 Å². The molecule has 3 heterocycles. The number of rotatable bonds is 5. The van der Waals surface area contributed by atoms with Gasteiger partial charge in [-0.25, -0.2) is 14.4 Å². The predicted octanol–water partition coefficient (Wildman–Crippen LogP) is 4.34. The highest BCUT2D eigenvalue weighted by atomic mass is 19.1. The fourth-order valence-corrected chi connectivity index (χ4v) is 3.80. The summed E-state index contributed by atoms with van der Waals surface area (Å²) < 4.78 is 25.0. The molecule has 0 radical (unpaired) electrons. The van der Waals surface area contributed by atoms with Crippen molar-refractivity contribution < 1.29 is 13.9 Å². The van der Waals surface area contributed by atoms with Gasteiger partial charge in [0, 0.05) is 43.5 Å². The number of hydrogen-bond donors (Lipinski definition) is 0. The second kappa shape index (κ2) is 7.92. The normalized spacial score (nSPS) is 14.0. The number of fused-ring (bicyclic) bond motifs is 1. The van der Waals surface area contributed by atoms with E-state index in [1.807, 2.05) is 30.3 Å². The molecule has 31 heavy (non-hydrogen) atoms. The van der Waals surface area contributed by atoms with Crippen LogP contribution in [0.1, 0.15) is 0 Å². The second-order valence-electron chi connectivity index (χ2n) is 7.46. The Kier molecular flexibility index (Phi) is 4.95.